The second kappa shape index (κ2) is 2.15. The van der Waals surface area contributed by atoms with Crippen LogP contribution in [0.5, 0.6) is 0 Å². The normalized spacial score (nSPS) is 24.3. The molecule has 0 unspecified atom stereocenters. The molecule has 1 aliphatic heterocycles. The summed E-state index contributed by atoms with van der Waals surface area (Å²) >= 11 is 0. The van der Waals surface area contributed by atoms with E-state index in [9.17, 15) is 0 Å². The summed E-state index contributed by atoms with van der Waals surface area (Å²) in [5.41, 5.74) is 1.52. The Balaban J connectivity index is 2.41. The molecule has 1 heteroatoms. The molecule has 0 amide bonds. The van der Waals surface area contributed by atoms with Crippen molar-refractivity contribution in [3.63, 3.8) is 0 Å². The Morgan fingerprint density at radius 3 is 3.30 bits per heavy atom. The zero-order valence-electron chi connectivity index (χ0n) is 6.38. The van der Waals surface area contributed by atoms with E-state index in [1.165, 1.54) is 25.1 Å². The molecule has 0 spiro atoms. The van der Waals surface area contributed by atoms with Crippen LogP contribution in [-0.2, 0) is 6.54 Å². The Morgan fingerprint density at radius 1 is 1.60 bits per heavy atom. The topological polar surface area (TPSA) is 4.93 Å². The predicted octanol–water partition coefficient (Wildman–Crippen LogP) is 2.39. The highest BCUT2D eigenvalue weighted by molar-refractivity contribution is 5.13. The van der Waals surface area contributed by atoms with Crippen molar-refractivity contribution in [3.05, 3.63) is 24.0 Å². The summed E-state index contributed by atoms with van der Waals surface area (Å²) in [6.45, 7) is 3.54. The lowest BCUT2D eigenvalue weighted by Gasteiger charge is -2.20. The highest BCUT2D eigenvalue weighted by atomic mass is 15.0. The van der Waals surface area contributed by atoms with Crippen molar-refractivity contribution in [1.82, 2.24) is 4.57 Å². The largest absolute Gasteiger partial charge is 0.351 e. The maximum absolute atomic E-state index is 2.37. The van der Waals surface area contributed by atoms with E-state index in [0.717, 1.165) is 5.92 Å². The van der Waals surface area contributed by atoms with Gasteiger partial charge in [0.1, 0.15) is 0 Å². The molecule has 10 heavy (non-hydrogen) atoms. The van der Waals surface area contributed by atoms with Crippen molar-refractivity contribution in [2.24, 2.45) is 0 Å². The second-order valence-electron chi connectivity index (χ2n) is 3.17. The molecule has 1 atom stereocenters. The van der Waals surface area contributed by atoms with Crippen LogP contribution in [0.2, 0.25) is 0 Å². The van der Waals surface area contributed by atoms with Crippen LogP contribution in [0.1, 0.15) is 31.4 Å². The van der Waals surface area contributed by atoms with Gasteiger partial charge in [-0.1, -0.05) is 6.92 Å². The first-order chi connectivity index (χ1) is 4.88. The summed E-state index contributed by atoms with van der Waals surface area (Å²) in [5.74, 6) is 0.781. The van der Waals surface area contributed by atoms with Crippen LogP contribution in [0.25, 0.3) is 0 Å². The van der Waals surface area contributed by atoms with Gasteiger partial charge in [0, 0.05) is 18.4 Å². The van der Waals surface area contributed by atoms with Gasteiger partial charge >= 0.3 is 0 Å². The van der Waals surface area contributed by atoms with Gasteiger partial charge in [-0.15, -0.1) is 0 Å². The molecule has 1 aromatic heterocycles. The van der Waals surface area contributed by atoms with Crippen molar-refractivity contribution < 1.29 is 0 Å². The number of hydrogen-bond acceptors (Lipinski definition) is 0. The van der Waals surface area contributed by atoms with Crippen LogP contribution in [0.15, 0.2) is 18.3 Å². The van der Waals surface area contributed by atoms with E-state index < -0.39 is 0 Å². The minimum Gasteiger partial charge on any atom is -0.351 e. The van der Waals surface area contributed by atoms with E-state index in [1.807, 2.05) is 0 Å². The molecule has 0 N–H and O–H groups in total. The molecule has 54 valence electrons. The number of hydrogen-bond donors (Lipinski definition) is 0. The Labute approximate surface area is 61.7 Å². The van der Waals surface area contributed by atoms with Crippen molar-refractivity contribution in [3.8, 4) is 0 Å². The van der Waals surface area contributed by atoms with E-state index >= 15 is 0 Å². The second-order valence-corrected chi connectivity index (χ2v) is 3.17. The summed E-state index contributed by atoms with van der Waals surface area (Å²) < 4.78 is 2.37. The van der Waals surface area contributed by atoms with Gasteiger partial charge in [0.2, 0.25) is 0 Å². The monoisotopic (exact) mass is 135 g/mol. The maximum Gasteiger partial charge on any atom is 0.0222 e. The van der Waals surface area contributed by atoms with Crippen molar-refractivity contribution in [2.45, 2.75) is 32.2 Å². The van der Waals surface area contributed by atoms with Gasteiger partial charge in [0.05, 0.1) is 0 Å². The lowest BCUT2D eigenvalue weighted by atomic mass is 9.99. The lowest BCUT2D eigenvalue weighted by Crippen LogP contribution is -2.11. The molecule has 0 fully saturated rings. The minimum atomic E-state index is 0.781. The smallest absolute Gasteiger partial charge is 0.0222 e. The first kappa shape index (κ1) is 6.02. The van der Waals surface area contributed by atoms with Crippen LogP contribution >= 0.6 is 0 Å². The van der Waals surface area contributed by atoms with Gasteiger partial charge in [0.25, 0.3) is 0 Å². The number of rotatable bonds is 0. The summed E-state index contributed by atoms with van der Waals surface area (Å²) in [7, 11) is 0. The first-order valence-corrected chi connectivity index (χ1v) is 4.03. The van der Waals surface area contributed by atoms with Crippen molar-refractivity contribution in [1.29, 1.82) is 0 Å². The fourth-order valence-electron chi connectivity index (χ4n) is 1.79. The summed E-state index contributed by atoms with van der Waals surface area (Å²) in [5, 5.41) is 0. The predicted molar refractivity (Wildman–Crippen MR) is 42.1 cm³/mol. The maximum atomic E-state index is 2.37. The molecule has 0 saturated carbocycles. The van der Waals surface area contributed by atoms with E-state index in [-0.39, 0.29) is 0 Å². The molecule has 1 aromatic rings. The standard InChI is InChI=1S/C9H13N/c1-8-4-2-6-10-7-3-5-9(8)10/h3,5,7-8H,2,4,6H2,1H3/t8-/m1/s1. The highest BCUT2D eigenvalue weighted by Gasteiger charge is 2.13. The molecule has 0 aliphatic carbocycles. The van der Waals surface area contributed by atoms with E-state index in [4.69, 9.17) is 0 Å². The molecule has 0 saturated heterocycles. The zero-order chi connectivity index (χ0) is 6.97. The van der Waals surface area contributed by atoms with Gasteiger partial charge < -0.3 is 4.57 Å². The Hall–Kier alpha value is -0.720. The fraction of sp³-hybridized carbons (Fsp3) is 0.556. The van der Waals surface area contributed by atoms with Gasteiger partial charge in [-0.05, 0) is 30.9 Å². The summed E-state index contributed by atoms with van der Waals surface area (Å²) in [6, 6.07) is 4.39. The van der Waals surface area contributed by atoms with E-state index in [1.54, 1.807) is 0 Å². The third-order valence-electron chi connectivity index (χ3n) is 2.41. The average molecular weight is 135 g/mol. The Morgan fingerprint density at radius 2 is 2.50 bits per heavy atom. The highest BCUT2D eigenvalue weighted by Crippen LogP contribution is 2.26. The third kappa shape index (κ3) is 0.772. The first-order valence-electron chi connectivity index (χ1n) is 4.03. The Bertz CT molecular complexity index is 224. The number of aryl methyl sites for hydroxylation is 1. The average Bonchev–Trinajstić information content (AvgIpc) is 2.36. The van der Waals surface area contributed by atoms with Gasteiger partial charge in [0.15, 0.2) is 0 Å². The van der Waals surface area contributed by atoms with Gasteiger partial charge in [-0.3, -0.25) is 0 Å². The van der Waals surface area contributed by atoms with Crippen LogP contribution < -0.4 is 0 Å². The fourth-order valence-corrected chi connectivity index (χ4v) is 1.79. The summed E-state index contributed by atoms with van der Waals surface area (Å²) in [6.07, 6.45) is 4.90. The molecule has 1 nitrogen and oxygen atoms in total. The van der Waals surface area contributed by atoms with E-state index in [0.29, 0.717) is 0 Å². The van der Waals surface area contributed by atoms with E-state index in [2.05, 4.69) is 29.8 Å². The molecule has 2 rings (SSSR count). The van der Waals surface area contributed by atoms with Crippen molar-refractivity contribution >= 4 is 0 Å². The van der Waals surface area contributed by atoms with Crippen LogP contribution in [0.4, 0.5) is 0 Å². The molecular weight excluding hydrogens is 122 g/mol. The zero-order valence-corrected chi connectivity index (χ0v) is 6.38. The molecule has 1 aliphatic rings. The quantitative estimate of drug-likeness (QED) is 0.514. The van der Waals surface area contributed by atoms with Gasteiger partial charge in [-0.25, -0.2) is 0 Å². The number of aromatic nitrogens is 1. The summed E-state index contributed by atoms with van der Waals surface area (Å²) in [4.78, 5) is 0. The molecular formula is C9H13N. The molecule has 0 bridgehead atoms. The van der Waals surface area contributed by atoms with Gasteiger partial charge in [-0.2, -0.15) is 0 Å². The Kier molecular flexibility index (Phi) is 1.30. The molecule has 0 radical (unpaired) electrons. The minimum absolute atomic E-state index is 0.781. The number of fused-ring (bicyclic) bond motifs is 1. The van der Waals surface area contributed by atoms with Crippen molar-refractivity contribution in [2.75, 3.05) is 0 Å². The molecule has 2 heterocycles. The van der Waals surface area contributed by atoms with Crippen LogP contribution in [0, 0.1) is 0 Å². The third-order valence-corrected chi connectivity index (χ3v) is 2.41. The lowest BCUT2D eigenvalue weighted by molar-refractivity contribution is 0.475. The number of nitrogens with zero attached hydrogens (tertiary/aromatic N) is 1. The SMILES string of the molecule is C[C@@H]1CCCn2cccc21. The van der Waals surface area contributed by atoms with Crippen LogP contribution in [0.3, 0.4) is 0 Å². The molecule has 0 aromatic carbocycles. The van der Waals surface area contributed by atoms with Crippen LogP contribution in [-0.4, -0.2) is 4.57 Å².